The van der Waals surface area contributed by atoms with Crippen LogP contribution in [0.1, 0.15) is 140 Å². The number of aliphatic carboxylic acids is 1. The number of carboxylic acid groups (broad SMARTS) is 1. The first kappa shape index (κ1) is 104. The summed E-state index contributed by atoms with van der Waals surface area (Å²) in [5.41, 5.74) is 20.7. The minimum Gasteiger partial charge on any atom is -0.508 e. The van der Waals surface area contributed by atoms with Crippen LogP contribution in [0.15, 0.2) is 97.7 Å². The lowest BCUT2D eigenvalue weighted by Gasteiger charge is -2.36. The van der Waals surface area contributed by atoms with Crippen LogP contribution in [0.25, 0.3) is 21.8 Å². The number of carbonyl (C=O) groups excluding carboxylic acids is 16. The molecule has 3 aliphatic heterocycles. The number of unbranched alkanes of at least 4 members (excludes halogenated alkanes) is 2. The Morgan fingerprint density at radius 1 is 0.549 bits per heavy atom. The molecule has 3 saturated heterocycles. The van der Waals surface area contributed by atoms with Gasteiger partial charge in [0.25, 0.3) is 0 Å². The molecule has 0 radical (unpaired) electrons. The number of aromatic hydroxyl groups is 1. The molecule has 6 aromatic rings. The number of thioether (sulfide) groups is 1. The van der Waals surface area contributed by atoms with Crippen molar-refractivity contribution < 1.29 is 96.8 Å². The van der Waals surface area contributed by atoms with Crippen molar-refractivity contribution in [2.45, 2.75) is 234 Å². The van der Waals surface area contributed by atoms with E-state index in [9.17, 15) is 58.5 Å². The predicted molar refractivity (Wildman–Crippen MR) is 489 cm³/mol. The van der Waals surface area contributed by atoms with Crippen molar-refractivity contribution in [1.29, 1.82) is 0 Å². The molecule has 3 aromatic heterocycles. The lowest BCUT2D eigenvalue weighted by Crippen LogP contribution is -2.62. The monoisotopic (exact) mass is 1870 g/mol. The number of nitrogens with two attached hydrogens (primary N) is 3. The van der Waals surface area contributed by atoms with Crippen molar-refractivity contribution in [3.05, 3.63) is 120 Å². The molecule has 0 spiro atoms. The summed E-state index contributed by atoms with van der Waals surface area (Å²) in [5, 5.41) is 59.9. The number of hydrogen-bond donors (Lipinski definition) is 19. The Morgan fingerprint density at radius 3 is 1.68 bits per heavy atom. The van der Waals surface area contributed by atoms with Gasteiger partial charge in [-0.25, -0.2) is 4.98 Å². The van der Waals surface area contributed by atoms with E-state index in [-0.39, 0.29) is 95.3 Å². The van der Waals surface area contributed by atoms with E-state index >= 15 is 38.4 Å². The van der Waals surface area contributed by atoms with Crippen LogP contribution in [-0.4, -0.2) is 316 Å². The van der Waals surface area contributed by atoms with Crippen LogP contribution in [-0.2, 0) is 107 Å². The molecule has 133 heavy (non-hydrogen) atoms. The van der Waals surface area contributed by atoms with Gasteiger partial charge in [0.2, 0.25) is 94.5 Å². The minimum absolute atomic E-state index is 0.0189. The first-order chi connectivity index (χ1) is 63.4. The summed E-state index contributed by atoms with van der Waals surface area (Å²) in [6.07, 6.45) is 3.25. The Balaban J connectivity index is 1.10. The molecular weight excluding hydrogens is 1740 g/mol. The molecule has 9 rings (SSSR count). The molecule has 3 fully saturated rings. The third kappa shape index (κ3) is 28.3. The van der Waals surface area contributed by atoms with Gasteiger partial charge in [-0.15, -0.1) is 11.8 Å². The molecular formula is C90H126N22O20S. The zero-order valence-corrected chi connectivity index (χ0v) is 76.9. The highest BCUT2D eigenvalue weighted by atomic mass is 32.2. The number of phenolic OH excluding ortho intramolecular Hbond substituents is 1. The van der Waals surface area contributed by atoms with Crippen molar-refractivity contribution in [1.82, 2.24) is 97.6 Å². The van der Waals surface area contributed by atoms with E-state index < -0.39 is 241 Å². The van der Waals surface area contributed by atoms with Crippen LogP contribution < -0.4 is 70.4 Å². The number of aromatic nitrogens is 4. The van der Waals surface area contributed by atoms with E-state index in [1.54, 1.807) is 74.8 Å². The Bertz CT molecular complexity index is 5110. The van der Waals surface area contributed by atoms with Gasteiger partial charge in [0.05, 0.1) is 24.7 Å². The number of rotatable bonds is 25. The Labute approximate surface area is 773 Å². The van der Waals surface area contributed by atoms with Crippen LogP contribution in [0, 0.1) is 5.92 Å². The standard InChI is InChI=1S/C90H126N22O20S/c1-9-11-22-69-82(124)100-61(31-33-91)79(121)106-68(78(120)97-44-73(93)115)46-133-47-74(116)99-66(36-51-25-27-55(113)28-26-51)86(128)108(6)50(5)77(119)101-63(32-34-92)88(130)111-35-17-24-70(111)83(125)104-65(39-54-43-94-48-98-54)80(122)102-62(29-30-75(117)118)89(131)112-45-56(114)40-72(112)84(126)103-64(37-52-41-95-59-20-15-13-18-57(52)59)81(123)107-76(49(3)4)85(127)105-67(38-53-42-96-60-21-16-14-19-58(53)60)87(129)110(8)71(23-12-10-2)90(132)109(69)7/h13-16,18-21,25-28,41-43,48-50,56,61-72,76,95-96,113-114H,9-12,17,22-24,29-40,44-47,91-92H2,1-8H3,(H2,93,115)(H,94,98)(H,97,120)(H,99,116)(H,100,124)(H,101,119)(H,102,122)(H,103,126)(H,104,125)(H,105,127)(H,106,121)(H,107,123)(H,117,118)/t50-,56+,61-,62-,63-,64-,65-,66-,67-,68-,69-,70-,71-,72-,76-/m0/s1. The average Bonchev–Trinajstić information content (AvgIpc) is 1.72. The fourth-order valence-electron chi connectivity index (χ4n) is 16.6. The van der Waals surface area contributed by atoms with Crippen molar-refractivity contribution in [2.75, 3.05) is 65.4 Å². The molecule has 22 N–H and O–H groups in total. The SMILES string of the molecule is CCCC[C@H]1C(=O)N(C)[C@@H](CCCC)C(=O)N[C@@H](CCN)C(=O)N[C@H](C(=O)NCC(N)=O)CSCC(=O)N[C@@H](Cc2ccc(O)cc2)C(=O)N(C)[C@@H](C)C(=O)N[C@@H](CCN)C(=O)N2CCC[C@H]2C(=O)N[C@@H](Cc2cnc[nH]2)C(=O)N[C@@H](CCC(=O)O)C(=O)N2C[C@H](O)C[C@H]2C(=O)N[C@@H](Cc2c[nH]c3ccccc23)C(=O)N[C@@H](C(C)C)C(=O)N[C@@H](Cc2c[nH]c3ccccc23)C(=O)N1C. The summed E-state index contributed by atoms with van der Waals surface area (Å²) in [6.45, 7) is 6.60. The quantitative estimate of drug-likeness (QED) is 0.0298. The Hall–Kier alpha value is -13.0. The zero-order chi connectivity index (χ0) is 97.0. The van der Waals surface area contributed by atoms with Gasteiger partial charge >= 0.3 is 5.97 Å². The summed E-state index contributed by atoms with van der Waals surface area (Å²) < 4.78 is 0. The van der Waals surface area contributed by atoms with Gasteiger partial charge in [-0.1, -0.05) is 102 Å². The van der Waals surface area contributed by atoms with E-state index in [1.165, 1.54) is 79.6 Å². The molecule has 0 saturated carbocycles. The largest absolute Gasteiger partial charge is 0.508 e. The average molecular weight is 1870 g/mol. The number of amides is 16. The maximum absolute atomic E-state index is 15.8. The second-order valence-corrected chi connectivity index (χ2v) is 35.3. The molecule has 6 heterocycles. The number of likely N-dealkylation sites (N-methyl/N-ethyl adjacent to an activating group) is 3. The molecule has 16 amide bonds. The first-order valence-corrected chi connectivity index (χ1v) is 46.0. The number of benzene rings is 3. The molecule has 15 atom stereocenters. The van der Waals surface area contributed by atoms with Gasteiger partial charge in [-0.05, 0) is 112 Å². The second-order valence-electron chi connectivity index (χ2n) is 34.3. The Kier molecular flexibility index (Phi) is 38.6. The minimum atomic E-state index is -1.79. The smallest absolute Gasteiger partial charge is 0.303 e. The highest BCUT2D eigenvalue weighted by Gasteiger charge is 2.47. The highest BCUT2D eigenvalue weighted by Crippen LogP contribution is 2.28. The van der Waals surface area contributed by atoms with E-state index in [4.69, 9.17) is 17.2 Å². The summed E-state index contributed by atoms with van der Waals surface area (Å²) in [5.74, 6) is -17.6. The van der Waals surface area contributed by atoms with Crippen molar-refractivity contribution in [3.8, 4) is 5.75 Å². The number of phenols is 1. The maximum atomic E-state index is 15.8. The topological polar surface area (TPSA) is 626 Å². The number of imidazole rings is 1. The van der Waals surface area contributed by atoms with Crippen LogP contribution in [0.3, 0.4) is 0 Å². The number of para-hydroxylation sites is 2. The number of fused-ring (bicyclic) bond motifs is 4. The van der Waals surface area contributed by atoms with Crippen molar-refractivity contribution in [3.63, 3.8) is 0 Å². The maximum Gasteiger partial charge on any atom is 0.303 e. The molecule has 43 heteroatoms. The molecule has 42 nitrogen and oxygen atoms in total. The van der Waals surface area contributed by atoms with Gasteiger partial charge in [0.1, 0.15) is 90.3 Å². The molecule has 3 aromatic carbocycles. The van der Waals surface area contributed by atoms with E-state index in [0.717, 1.165) is 21.6 Å². The number of hydrogen-bond acceptors (Lipinski definition) is 23. The summed E-state index contributed by atoms with van der Waals surface area (Å²) in [6, 6.07) is -1.17. The van der Waals surface area contributed by atoms with Gasteiger partial charge < -0.3 is 125 Å². The van der Waals surface area contributed by atoms with E-state index in [0.29, 0.717) is 64.2 Å². The number of nitrogens with zero attached hydrogens (tertiary/aromatic N) is 6. The number of primary amides is 1. The highest BCUT2D eigenvalue weighted by molar-refractivity contribution is 8.00. The summed E-state index contributed by atoms with van der Waals surface area (Å²) >= 11 is 0.793. The summed E-state index contributed by atoms with van der Waals surface area (Å²) in [4.78, 5) is 268. The fraction of sp³-hybridized carbons (Fsp3) is 0.533. The molecule has 3 aliphatic rings. The van der Waals surface area contributed by atoms with Crippen LogP contribution in [0.4, 0.5) is 0 Å². The lowest BCUT2D eigenvalue weighted by atomic mass is 9.98. The van der Waals surface area contributed by atoms with Gasteiger partial charge in [-0.2, -0.15) is 0 Å². The van der Waals surface area contributed by atoms with Crippen LogP contribution in [0.5, 0.6) is 5.75 Å². The lowest BCUT2D eigenvalue weighted by molar-refractivity contribution is -0.149. The zero-order valence-electron chi connectivity index (χ0n) is 76.1. The van der Waals surface area contributed by atoms with E-state index in [2.05, 4.69) is 73.1 Å². The molecule has 722 valence electrons. The van der Waals surface area contributed by atoms with Gasteiger partial charge in [0.15, 0.2) is 0 Å². The number of H-pyrrole nitrogens is 3. The molecule has 0 bridgehead atoms. The van der Waals surface area contributed by atoms with Gasteiger partial charge in [0, 0.05) is 125 Å². The third-order valence-corrected chi connectivity index (χ3v) is 25.2. The van der Waals surface area contributed by atoms with E-state index in [1.807, 2.05) is 13.8 Å². The van der Waals surface area contributed by atoms with Crippen LogP contribution in [0.2, 0.25) is 0 Å². The van der Waals surface area contributed by atoms with Crippen molar-refractivity contribution >= 4 is 134 Å². The normalized spacial score (nSPS) is 25.0. The number of aromatic amines is 3. The second kappa shape index (κ2) is 49.5. The van der Waals surface area contributed by atoms with Crippen LogP contribution >= 0.6 is 11.8 Å². The first-order valence-electron chi connectivity index (χ1n) is 44.9. The third-order valence-electron chi connectivity index (χ3n) is 24.2. The number of carboxylic acids is 1. The number of aliphatic hydroxyl groups excluding tert-OH is 1. The summed E-state index contributed by atoms with van der Waals surface area (Å²) in [7, 11) is 4.02. The van der Waals surface area contributed by atoms with Crippen molar-refractivity contribution in [2.24, 2.45) is 23.1 Å². The molecule has 0 aliphatic carbocycles. The number of nitrogens with one attached hydrogen (secondary N) is 13. The molecule has 0 unspecified atom stereocenters. The predicted octanol–water partition coefficient (Wildman–Crippen LogP) is -1.89. The number of carbonyl (C=O) groups is 17. The fourth-order valence-corrected chi connectivity index (χ4v) is 17.5. The van der Waals surface area contributed by atoms with Gasteiger partial charge in [-0.3, -0.25) is 81.5 Å². The Morgan fingerprint density at radius 2 is 1.08 bits per heavy atom. The number of aliphatic hydroxyl groups is 1.